The molecule has 0 saturated carbocycles. The molecular weight excluding hydrogens is 384 g/mol. The Morgan fingerprint density at radius 3 is 2.21 bits per heavy atom. The fourth-order valence-electron chi connectivity index (χ4n) is 3.73. The number of para-hydroxylation sites is 1. The van der Waals surface area contributed by atoms with Gasteiger partial charge in [-0.2, -0.15) is 0 Å². The molecule has 1 aliphatic rings. The first-order chi connectivity index (χ1) is 13.7. The molecule has 144 valence electrons. The van der Waals surface area contributed by atoms with Crippen molar-refractivity contribution in [1.82, 2.24) is 0 Å². The van der Waals surface area contributed by atoms with Crippen LogP contribution < -0.4 is 9.80 Å². The second-order valence-electron chi connectivity index (χ2n) is 7.02. The molecule has 1 aliphatic heterocycles. The molecule has 3 aromatic rings. The second-order valence-corrected chi connectivity index (χ2v) is 8.54. The summed E-state index contributed by atoms with van der Waals surface area (Å²) in [6.07, 6.45) is 2.31. The summed E-state index contributed by atoms with van der Waals surface area (Å²) in [5, 5.41) is 0.761. The Balaban J connectivity index is 1.75. The molecule has 0 fully saturated rings. The van der Waals surface area contributed by atoms with E-state index in [4.69, 9.17) is 11.6 Å². The summed E-state index contributed by atoms with van der Waals surface area (Å²) in [6.45, 7) is 6.66. The van der Waals surface area contributed by atoms with Gasteiger partial charge in [-0.05, 0) is 67.4 Å². The van der Waals surface area contributed by atoms with Crippen LogP contribution in [0.25, 0.3) is 0 Å². The second kappa shape index (κ2) is 8.50. The van der Waals surface area contributed by atoms with Crippen LogP contribution >= 0.6 is 23.4 Å². The van der Waals surface area contributed by atoms with Gasteiger partial charge >= 0.3 is 0 Å². The fourth-order valence-corrected chi connectivity index (χ4v) is 4.93. The van der Waals surface area contributed by atoms with Crippen LogP contribution in [-0.4, -0.2) is 13.1 Å². The summed E-state index contributed by atoms with van der Waals surface area (Å²) < 4.78 is 0. The molecule has 0 unspecified atom stereocenters. The topological polar surface area (TPSA) is 6.48 Å². The monoisotopic (exact) mass is 408 g/mol. The van der Waals surface area contributed by atoms with E-state index < -0.39 is 0 Å². The van der Waals surface area contributed by atoms with E-state index >= 15 is 0 Å². The highest BCUT2D eigenvalue weighted by Crippen LogP contribution is 2.51. The minimum Gasteiger partial charge on any atom is -0.372 e. The number of anilines is 4. The van der Waals surface area contributed by atoms with E-state index in [1.54, 1.807) is 11.8 Å². The molecule has 4 heteroatoms. The number of halogens is 1. The van der Waals surface area contributed by atoms with Gasteiger partial charge in [0.15, 0.2) is 0 Å². The van der Waals surface area contributed by atoms with Gasteiger partial charge in [0, 0.05) is 39.3 Å². The van der Waals surface area contributed by atoms with Gasteiger partial charge in [-0.15, -0.1) is 0 Å². The average Bonchev–Trinajstić information content (AvgIpc) is 2.72. The van der Waals surface area contributed by atoms with Crippen LogP contribution in [0.15, 0.2) is 76.5 Å². The third-order valence-corrected chi connectivity index (χ3v) is 6.31. The lowest BCUT2D eigenvalue weighted by Crippen LogP contribution is -2.24. The smallest absolute Gasteiger partial charge is 0.0616 e. The van der Waals surface area contributed by atoms with Crippen molar-refractivity contribution in [3.8, 4) is 0 Å². The first-order valence-corrected chi connectivity index (χ1v) is 11.1. The molecule has 0 aromatic heterocycles. The lowest BCUT2D eigenvalue weighted by molar-refractivity contribution is 0.745. The maximum Gasteiger partial charge on any atom is 0.0616 e. The molecule has 0 saturated heterocycles. The predicted molar refractivity (Wildman–Crippen MR) is 123 cm³/mol. The number of benzene rings is 3. The highest BCUT2D eigenvalue weighted by atomic mass is 35.5. The van der Waals surface area contributed by atoms with Crippen LogP contribution in [0.3, 0.4) is 0 Å². The first kappa shape index (κ1) is 19.2. The Bertz CT molecular complexity index is 949. The van der Waals surface area contributed by atoms with E-state index in [-0.39, 0.29) is 0 Å². The molecule has 0 aliphatic carbocycles. The molecule has 2 nitrogen and oxygen atoms in total. The van der Waals surface area contributed by atoms with Crippen molar-refractivity contribution in [2.24, 2.45) is 0 Å². The van der Waals surface area contributed by atoms with Gasteiger partial charge in [0.05, 0.1) is 11.4 Å². The Labute approximate surface area is 177 Å². The Hall–Kier alpha value is -2.10. The van der Waals surface area contributed by atoms with Crippen molar-refractivity contribution >= 4 is 46.1 Å². The van der Waals surface area contributed by atoms with Crippen molar-refractivity contribution in [3.63, 3.8) is 0 Å². The van der Waals surface area contributed by atoms with Crippen LogP contribution in [0, 0.1) is 0 Å². The molecule has 0 bridgehead atoms. The summed E-state index contributed by atoms with van der Waals surface area (Å²) in [5.74, 6) is 0. The molecule has 1 heterocycles. The molecule has 0 radical (unpaired) electrons. The highest BCUT2D eigenvalue weighted by molar-refractivity contribution is 7.99. The van der Waals surface area contributed by atoms with Gasteiger partial charge in [-0.25, -0.2) is 0 Å². The van der Waals surface area contributed by atoms with Crippen LogP contribution in [0.1, 0.15) is 26.7 Å². The van der Waals surface area contributed by atoms with Crippen LogP contribution in [0.5, 0.6) is 0 Å². The van der Waals surface area contributed by atoms with Crippen molar-refractivity contribution in [1.29, 1.82) is 0 Å². The normalized spacial score (nSPS) is 12.5. The number of rotatable bonds is 6. The minimum atomic E-state index is 0.761. The quantitative estimate of drug-likeness (QED) is 0.320. The zero-order valence-electron chi connectivity index (χ0n) is 16.4. The summed E-state index contributed by atoms with van der Waals surface area (Å²) in [5.41, 5.74) is 4.79. The van der Waals surface area contributed by atoms with Crippen molar-refractivity contribution in [2.75, 3.05) is 22.9 Å². The maximum atomic E-state index is 6.35. The standard InChI is InChI=1S/C24H25ClN2S/c1-3-15-26(16-4-2)19-10-12-20(13-11-19)27-21-7-5-6-8-23(21)28-24-14-9-18(25)17-22(24)27/h5-14,17H,3-4,15-16H2,1-2H3. The van der Waals surface area contributed by atoms with E-state index in [2.05, 4.69) is 84.3 Å². The largest absolute Gasteiger partial charge is 0.372 e. The maximum absolute atomic E-state index is 6.35. The Morgan fingerprint density at radius 1 is 0.821 bits per heavy atom. The van der Waals surface area contributed by atoms with Crippen molar-refractivity contribution < 1.29 is 0 Å². The van der Waals surface area contributed by atoms with E-state index in [0.717, 1.165) is 42.3 Å². The third kappa shape index (κ3) is 3.74. The zero-order chi connectivity index (χ0) is 19.5. The van der Waals surface area contributed by atoms with E-state index in [9.17, 15) is 0 Å². The summed E-state index contributed by atoms with van der Waals surface area (Å²) in [7, 11) is 0. The third-order valence-electron chi connectivity index (χ3n) is 4.95. The first-order valence-electron chi connectivity index (χ1n) is 9.93. The summed E-state index contributed by atoms with van der Waals surface area (Å²) >= 11 is 8.15. The van der Waals surface area contributed by atoms with Gasteiger partial charge in [0.2, 0.25) is 0 Å². The molecular formula is C24H25ClN2S. The fraction of sp³-hybridized carbons (Fsp3) is 0.250. The Morgan fingerprint density at radius 2 is 1.50 bits per heavy atom. The van der Waals surface area contributed by atoms with Gasteiger partial charge < -0.3 is 9.80 Å². The highest BCUT2D eigenvalue weighted by Gasteiger charge is 2.24. The predicted octanol–water partition coefficient (Wildman–Crippen LogP) is 7.90. The van der Waals surface area contributed by atoms with Gasteiger partial charge in [0.25, 0.3) is 0 Å². The van der Waals surface area contributed by atoms with Crippen LogP contribution in [0.4, 0.5) is 22.7 Å². The molecule has 28 heavy (non-hydrogen) atoms. The molecule has 0 spiro atoms. The molecule has 4 rings (SSSR count). The molecule has 3 aromatic carbocycles. The molecule has 0 amide bonds. The van der Waals surface area contributed by atoms with Crippen LogP contribution in [-0.2, 0) is 0 Å². The number of hydrogen-bond acceptors (Lipinski definition) is 3. The van der Waals surface area contributed by atoms with Gasteiger partial charge in [-0.1, -0.05) is 49.3 Å². The van der Waals surface area contributed by atoms with E-state index in [1.165, 1.54) is 21.2 Å². The summed E-state index contributed by atoms with van der Waals surface area (Å²) in [6, 6.07) is 23.7. The van der Waals surface area contributed by atoms with Gasteiger partial charge in [0.1, 0.15) is 0 Å². The van der Waals surface area contributed by atoms with Crippen molar-refractivity contribution in [3.05, 3.63) is 71.8 Å². The lowest BCUT2D eigenvalue weighted by atomic mass is 10.1. The zero-order valence-corrected chi connectivity index (χ0v) is 17.9. The van der Waals surface area contributed by atoms with Crippen molar-refractivity contribution in [2.45, 2.75) is 36.5 Å². The van der Waals surface area contributed by atoms with Gasteiger partial charge in [-0.3, -0.25) is 0 Å². The SMILES string of the molecule is CCCN(CCC)c1ccc(N2c3ccccc3Sc3ccc(Cl)cc32)cc1. The Kier molecular flexibility index (Phi) is 5.84. The van der Waals surface area contributed by atoms with Crippen LogP contribution in [0.2, 0.25) is 5.02 Å². The number of hydrogen-bond donors (Lipinski definition) is 0. The van der Waals surface area contributed by atoms with E-state index in [0.29, 0.717) is 0 Å². The summed E-state index contributed by atoms with van der Waals surface area (Å²) in [4.78, 5) is 7.28. The number of fused-ring (bicyclic) bond motifs is 2. The molecule has 0 atom stereocenters. The minimum absolute atomic E-state index is 0.761. The number of nitrogens with zero attached hydrogens (tertiary/aromatic N) is 2. The van der Waals surface area contributed by atoms with E-state index in [1.807, 2.05) is 6.07 Å². The molecule has 0 N–H and O–H groups in total. The average molecular weight is 409 g/mol. The lowest BCUT2D eigenvalue weighted by Gasteiger charge is -2.33.